The summed E-state index contributed by atoms with van der Waals surface area (Å²) in [6, 6.07) is 3.35. The van der Waals surface area contributed by atoms with E-state index in [4.69, 9.17) is 0 Å². The maximum absolute atomic E-state index is 13.3. The molecule has 60 valence electrons. The number of halogens is 2. The Morgan fingerprint density at radius 2 is 2.18 bits per heavy atom. The molecule has 1 aromatic rings. The van der Waals surface area contributed by atoms with Gasteiger partial charge in [-0.25, -0.2) is 9.37 Å². The number of alkyl halides is 1. The third-order valence-electron chi connectivity index (χ3n) is 1.41. The molecular formula is C8H9BrFN. The molecule has 0 bridgehead atoms. The van der Waals surface area contributed by atoms with E-state index in [-0.39, 0.29) is 0 Å². The molecule has 1 rings (SSSR count). The van der Waals surface area contributed by atoms with Crippen molar-refractivity contribution in [1.82, 2.24) is 4.98 Å². The number of hydrogen-bond acceptors (Lipinski definition) is 1. The summed E-state index contributed by atoms with van der Waals surface area (Å²) in [5, 5.41) is 0. The Morgan fingerprint density at radius 3 is 2.55 bits per heavy atom. The average Bonchev–Trinajstić information content (AvgIpc) is 1.86. The number of hydrogen-bond donors (Lipinski definition) is 0. The Balaban J connectivity index is 3.06. The van der Waals surface area contributed by atoms with Gasteiger partial charge in [0.2, 0.25) is 0 Å². The second-order valence-electron chi connectivity index (χ2n) is 2.84. The molecule has 0 saturated carbocycles. The summed E-state index contributed by atoms with van der Waals surface area (Å²) in [5.41, 5.74) is -0.648. The minimum Gasteiger partial charge on any atom is -0.249 e. The van der Waals surface area contributed by atoms with Crippen LogP contribution in [0.5, 0.6) is 0 Å². The predicted octanol–water partition coefficient (Wildman–Crippen LogP) is 3.05. The molecule has 0 aliphatic heterocycles. The van der Waals surface area contributed by atoms with Gasteiger partial charge in [0.1, 0.15) is 10.3 Å². The van der Waals surface area contributed by atoms with Gasteiger partial charge in [0.25, 0.3) is 0 Å². The van der Waals surface area contributed by atoms with Crippen LogP contribution in [0.1, 0.15) is 19.4 Å². The molecule has 0 spiro atoms. The topological polar surface area (TPSA) is 12.9 Å². The van der Waals surface area contributed by atoms with Crippen molar-refractivity contribution < 1.29 is 4.39 Å². The van der Waals surface area contributed by atoms with Gasteiger partial charge < -0.3 is 0 Å². The number of aromatic nitrogens is 1. The lowest BCUT2D eigenvalue weighted by atomic mass is 10.0. The van der Waals surface area contributed by atoms with Crippen LogP contribution in [-0.4, -0.2) is 4.98 Å². The molecule has 0 amide bonds. The van der Waals surface area contributed by atoms with Crippen molar-refractivity contribution in [3.05, 3.63) is 28.5 Å². The van der Waals surface area contributed by atoms with Gasteiger partial charge in [-0.1, -0.05) is 0 Å². The molecule has 0 saturated heterocycles. The number of rotatable bonds is 1. The first-order valence-electron chi connectivity index (χ1n) is 3.31. The standard InChI is InChI=1S/C8H9BrFN/c1-8(2,10)6-3-4-11-7(9)5-6/h3-5H,1-2H3. The lowest BCUT2D eigenvalue weighted by Crippen LogP contribution is -2.08. The summed E-state index contributed by atoms with van der Waals surface area (Å²) in [7, 11) is 0. The molecule has 0 fully saturated rings. The number of pyridine rings is 1. The minimum atomic E-state index is -1.29. The highest BCUT2D eigenvalue weighted by molar-refractivity contribution is 9.10. The van der Waals surface area contributed by atoms with E-state index in [1.807, 2.05) is 0 Å². The normalized spacial score (nSPS) is 11.6. The van der Waals surface area contributed by atoms with Gasteiger partial charge in [0, 0.05) is 6.20 Å². The van der Waals surface area contributed by atoms with Crippen LogP contribution < -0.4 is 0 Å². The van der Waals surface area contributed by atoms with Crippen LogP contribution in [0.3, 0.4) is 0 Å². The molecule has 11 heavy (non-hydrogen) atoms. The molecule has 0 aliphatic rings. The third kappa shape index (κ3) is 2.26. The monoisotopic (exact) mass is 217 g/mol. The van der Waals surface area contributed by atoms with E-state index < -0.39 is 5.67 Å². The summed E-state index contributed by atoms with van der Waals surface area (Å²) < 4.78 is 13.9. The zero-order valence-corrected chi connectivity index (χ0v) is 8.02. The van der Waals surface area contributed by atoms with Crippen molar-refractivity contribution in [2.75, 3.05) is 0 Å². The Labute approximate surface area is 73.8 Å². The van der Waals surface area contributed by atoms with Crippen molar-refractivity contribution in [3.63, 3.8) is 0 Å². The second kappa shape index (κ2) is 2.89. The van der Waals surface area contributed by atoms with E-state index in [1.54, 1.807) is 18.3 Å². The molecular weight excluding hydrogens is 209 g/mol. The molecule has 0 N–H and O–H groups in total. The second-order valence-corrected chi connectivity index (χ2v) is 3.65. The quantitative estimate of drug-likeness (QED) is 0.660. The van der Waals surface area contributed by atoms with E-state index in [2.05, 4.69) is 20.9 Å². The highest BCUT2D eigenvalue weighted by atomic mass is 79.9. The van der Waals surface area contributed by atoms with Crippen LogP contribution >= 0.6 is 15.9 Å². The van der Waals surface area contributed by atoms with E-state index in [0.717, 1.165) is 0 Å². The van der Waals surface area contributed by atoms with Gasteiger partial charge in [-0.05, 0) is 47.5 Å². The molecule has 1 heterocycles. The first-order valence-corrected chi connectivity index (χ1v) is 4.10. The maximum Gasteiger partial charge on any atom is 0.130 e. The van der Waals surface area contributed by atoms with Crippen molar-refractivity contribution >= 4 is 15.9 Å². The van der Waals surface area contributed by atoms with Crippen LogP contribution in [0.15, 0.2) is 22.9 Å². The Bertz CT molecular complexity index is 255. The summed E-state index contributed by atoms with van der Waals surface area (Å²) in [5.74, 6) is 0. The average molecular weight is 218 g/mol. The fourth-order valence-corrected chi connectivity index (χ4v) is 1.14. The minimum absolute atomic E-state index is 0.638. The largest absolute Gasteiger partial charge is 0.249 e. The van der Waals surface area contributed by atoms with Gasteiger partial charge in [-0.3, -0.25) is 0 Å². The lowest BCUT2D eigenvalue weighted by Gasteiger charge is -2.13. The molecule has 0 aromatic carbocycles. The van der Waals surface area contributed by atoms with Crippen molar-refractivity contribution in [2.24, 2.45) is 0 Å². The van der Waals surface area contributed by atoms with Crippen molar-refractivity contribution in [3.8, 4) is 0 Å². The van der Waals surface area contributed by atoms with E-state index >= 15 is 0 Å². The molecule has 1 nitrogen and oxygen atoms in total. The molecule has 3 heteroatoms. The fourth-order valence-electron chi connectivity index (χ4n) is 0.772. The zero-order chi connectivity index (χ0) is 8.48. The van der Waals surface area contributed by atoms with Crippen LogP contribution in [0.25, 0.3) is 0 Å². The first kappa shape index (κ1) is 8.65. The number of nitrogens with zero attached hydrogens (tertiary/aromatic N) is 1. The maximum atomic E-state index is 13.3. The van der Waals surface area contributed by atoms with Crippen LogP contribution in [0.4, 0.5) is 4.39 Å². The highest BCUT2D eigenvalue weighted by Gasteiger charge is 2.18. The molecule has 0 atom stereocenters. The Morgan fingerprint density at radius 1 is 1.55 bits per heavy atom. The van der Waals surface area contributed by atoms with Gasteiger partial charge >= 0.3 is 0 Å². The molecule has 0 unspecified atom stereocenters. The summed E-state index contributed by atoms with van der Waals surface area (Å²) >= 11 is 3.18. The van der Waals surface area contributed by atoms with Crippen LogP contribution in [0, 0.1) is 0 Å². The van der Waals surface area contributed by atoms with E-state index in [9.17, 15) is 4.39 Å². The Kier molecular flexibility index (Phi) is 2.28. The van der Waals surface area contributed by atoms with Gasteiger partial charge in [-0.15, -0.1) is 0 Å². The van der Waals surface area contributed by atoms with E-state index in [0.29, 0.717) is 10.2 Å². The van der Waals surface area contributed by atoms with Crippen LogP contribution in [-0.2, 0) is 5.67 Å². The first-order chi connectivity index (χ1) is 5.00. The van der Waals surface area contributed by atoms with Gasteiger partial charge in [0.05, 0.1) is 0 Å². The zero-order valence-electron chi connectivity index (χ0n) is 6.44. The summed E-state index contributed by atoms with van der Waals surface area (Å²) in [6.45, 7) is 3.05. The third-order valence-corrected chi connectivity index (χ3v) is 1.85. The SMILES string of the molecule is CC(C)(F)c1ccnc(Br)c1. The van der Waals surface area contributed by atoms with Crippen molar-refractivity contribution in [1.29, 1.82) is 0 Å². The molecule has 0 aliphatic carbocycles. The Hall–Kier alpha value is -0.440. The smallest absolute Gasteiger partial charge is 0.130 e. The van der Waals surface area contributed by atoms with Gasteiger partial charge in [-0.2, -0.15) is 0 Å². The summed E-state index contributed by atoms with van der Waals surface area (Å²) in [4.78, 5) is 3.90. The van der Waals surface area contributed by atoms with Crippen molar-refractivity contribution in [2.45, 2.75) is 19.5 Å². The summed E-state index contributed by atoms with van der Waals surface area (Å²) in [6.07, 6.45) is 1.58. The van der Waals surface area contributed by atoms with Gasteiger partial charge in [0.15, 0.2) is 0 Å². The lowest BCUT2D eigenvalue weighted by molar-refractivity contribution is 0.221. The fraction of sp³-hybridized carbons (Fsp3) is 0.375. The molecule has 1 aromatic heterocycles. The highest BCUT2D eigenvalue weighted by Crippen LogP contribution is 2.25. The molecule has 0 radical (unpaired) electrons. The van der Waals surface area contributed by atoms with Crippen LogP contribution in [0.2, 0.25) is 0 Å². The predicted molar refractivity (Wildman–Crippen MR) is 46.1 cm³/mol. The van der Waals surface area contributed by atoms with E-state index in [1.165, 1.54) is 13.8 Å².